The van der Waals surface area contributed by atoms with E-state index in [1.807, 2.05) is 6.92 Å². The summed E-state index contributed by atoms with van der Waals surface area (Å²) in [7, 11) is 1.71. The molecule has 0 saturated heterocycles. The standard InChI is InChI=1S/C25H42O3/c1-16(2)13-25-12-10-20-19-9-11-24(27,15-28-4)14-18(19)5-6-21(20)23(25)8-7-22(25)17(3)26/h16,18-23,27H,5-15H2,1-4H3/t18-,19+,20-,21?,22-,23+,24-,25+/m1/s1. The van der Waals surface area contributed by atoms with Crippen LogP contribution in [-0.4, -0.2) is 30.2 Å². The monoisotopic (exact) mass is 390 g/mol. The van der Waals surface area contributed by atoms with Gasteiger partial charge in [0.1, 0.15) is 5.78 Å². The molecule has 4 rings (SSSR count). The summed E-state index contributed by atoms with van der Waals surface area (Å²) in [6.45, 7) is 7.05. The summed E-state index contributed by atoms with van der Waals surface area (Å²) < 4.78 is 5.33. The van der Waals surface area contributed by atoms with Gasteiger partial charge < -0.3 is 9.84 Å². The van der Waals surface area contributed by atoms with Crippen molar-refractivity contribution in [2.45, 2.75) is 90.6 Å². The third kappa shape index (κ3) is 3.39. The van der Waals surface area contributed by atoms with E-state index in [-0.39, 0.29) is 0 Å². The van der Waals surface area contributed by atoms with Crippen LogP contribution in [0.25, 0.3) is 0 Å². The Labute approximate surface area is 172 Å². The van der Waals surface area contributed by atoms with Crippen LogP contribution >= 0.6 is 0 Å². The highest BCUT2D eigenvalue weighted by molar-refractivity contribution is 5.79. The minimum absolute atomic E-state index is 0.291. The first kappa shape index (κ1) is 20.8. The van der Waals surface area contributed by atoms with Gasteiger partial charge in [-0.25, -0.2) is 0 Å². The summed E-state index contributed by atoms with van der Waals surface area (Å²) in [5.41, 5.74) is -0.300. The van der Waals surface area contributed by atoms with E-state index >= 15 is 0 Å². The van der Waals surface area contributed by atoms with Crippen molar-refractivity contribution in [3.8, 4) is 0 Å². The topological polar surface area (TPSA) is 46.5 Å². The molecule has 0 spiro atoms. The summed E-state index contributed by atoms with van der Waals surface area (Å²) in [6.07, 6.45) is 11.9. The Bertz CT molecular complexity index is 586. The summed E-state index contributed by atoms with van der Waals surface area (Å²) in [6, 6.07) is 0. The number of carbonyl (C=O) groups is 1. The molecule has 160 valence electrons. The Hall–Kier alpha value is -0.410. The first-order valence-electron chi connectivity index (χ1n) is 12.0. The van der Waals surface area contributed by atoms with Gasteiger partial charge in [0.15, 0.2) is 0 Å². The van der Waals surface area contributed by atoms with E-state index in [9.17, 15) is 9.90 Å². The third-order valence-electron chi connectivity index (χ3n) is 9.51. The third-order valence-corrected chi connectivity index (χ3v) is 9.51. The van der Waals surface area contributed by atoms with Crippen LogP contribution in [0.5, 0.6) is 0 Å². The molecule has 0 aromatic carbocycles. The first-order valence-corrected chi connectivity index (χ1v) is 12.0. The largest absolute Gasteiger partial charge is 0.387 e. The Morgan fingerprint density at radius 3 is 2.46 bits per heavy atom. The predicted octanol–water partition coefficient (Wildman–Crippen LogP) is 5.25. The quantitative estimate of drug-likeness (QED) is 0.697. The number of methoxy groups -OCH3 is 1. The minimum Gasteiger partial charge on any atom is -0.387 e. The van der Waals surface area contributed by atoms with Gasteiger partial charge in [-0.15, -0.1) is 0 Å². The van der Waals surface area contributed by atoms with Crippen molar-refractivity contribution >= 4 is 5.78 Å². The SMILES string of the molecule is COC[C@@]1(O)CC[C@H]2[C@H](CCC3[C@@H]2CC[C@]2(CC(C)C)[C@@H](C(C)=O)CC[C@@H]32)C1. The number of ketones is 1. The molecule has 28 heavy (non-hydrogen) atoms. The van der Waals surface area contributed by atoms with E-state index < -0.39 is 5.60 Å². The van der Waals surface area contributed by atoms with E-state index in [4.69, 9.17) is 4.74 Å². The van der Waals surface area contributed by atoms with Crippen molar-refractivity contribution in [3.05, 3.63) is 0 Å². The molecule has 4 fully saturated rings. The maximum atomic E-state index is 12.6. The summed E-state index contributed by atoms with van der Waals surface area (Å²) in [5.74, 6) is 5.35. The number of hydrogen-bond donors (Lipinski definition) is 1. The van der Waals surface area contributed by atoms with E-state index in [2.05, 4.69) is 13.8 Å². The molecular formula is C25H42O3. The number of fused-ring (bicyclic) bond motifs is 5. The van der Waals surface area contributed by atoms with Crippen LogP contribution in [-0.2, 0) is 9.53 Å². The van der Waals surface area contributed by atoms with Crippen LogP contribution in [0.4, 0.5) is 0 Å². The Kier molecular flexibility index (Phi) is 5.72. The van der Waals surface area contributed by atoms with Crippen LogP contribution in [0.3, 0.4) is 0 Å². The molecule has 4 aliphatic carbocycles. The fourth-order valence-electron chi connectivity index (χ4n) is 8.94. The van der Waals surface area contributed by atoms with Crippen molar-refractivity contribution in [2.24, 2.45) is 46.8 Å². The molecule has 3 heteroatoms. The molecule has 0 aliphatic heterocycles. The highest BCUT2D eigenvalue weighted by Crippen LogP contribution is 2.66. The van der Waals surface area contributed by atoms with Crippen LogP contribution in [0.1, 0.15) is 85.0 Å². The van der Waals surface area contributed by atoms with Gasteiger partial charge in [-0.05, 0) is 112 Å². The lowest BCUT2D eigenvalue weighted by Crippen LogP contribution is -2.53. The molecule has 4 saturated carbocycles. The molecule has 0 heterocycles. The van der Waals surface area contributed by atoms with Crippen molar-refractivity contribution in [3.63, 3.8) is 0 Å². The molecule has 0 amide bonds. The van der Waals surface area contributed by atoms with Crippen molar-refractivity contribution < 1.29 is 14.6 Å². The molecule has 0 bridgehead atoms. The number of Topliss-reactive ketones (excluding diaryl/α,β-unsaturated/α-hetero) is 1. The lowest BCUT2D eigenvalue weighted by molar-refractivity contribution is -0.139. The maximum absolute atomic E-state index is 12.6. The zero-order valence-electron chi connectivity index (χ0n) is 18.6. The van der Waals surface area contributed by atoms with Crippen LogP contribution in [0.15, 0.2) is 0 Å². The number of rotatable bonds is 5. The molecule has 0 aromatic heterocycles. The maximum Gasteiger partial charge on any atom is 0.133 e. The second-order valence-corrected chi connectivity index (χ2v) is 11.4. The highest BCUT2D eigenvalue weighted by atomic mass is 16.5. The second kappa shape index (κ2) is 7.69. The van der Waals surface area contributed by atoms with Crippen LogP contribution in [0.2, 0.25) is 0 Å². The Morgan fingerprint density at radius 2 is 1.79 bits per heavy atom. The average molecular weight is 391 g/mol. The van der Waals surface area contributed by atoms with Gasteiger partial charge in [0.2, 0.25) is 0 Å². The van der Waals surface area contributed by atoms with Crippen molar-refractivity contribution in [1.29, 1.82) is 0 Å². The van der Waals surface area contributed by atoms with Gasteiger partial charge in [0, 0.05) is 13.0 Å². The van der Waals surface area contributed by atoms with Crippen molar-refractivity contribution in [1.82, 2.24) is 0 Å². The van der Waals surface area contributed by atoms with E-state index in [0.29, 0.717) is 35.6 Å². The Balaban J connectivity index is 1.55. The first-order chi connectivity index (χ1) is 13.3. The van der Waals surface area contributed by atoms with Gasteiger partial charge in [0.25, 0.3) is 0 Å². The molecule has 1 unspecified atom stereocenters. The number of hydrogen-bond acceptors (Lipinski definition) is 3. The molecule has 4 aliphatic rings. The normalized spacial score (nSPS) is 48.1. The van der Waals surface area contributed by atoms with E-state index in [0.717, 1.165) is 42.9 Å². The highest BCUT2D eigenvalue weighted by Gasteiger charge is 2.60. The van der Waals surface area contributed by atoms with Gasteiger partial charge in [-0.3, -0.25) is 4.79 Å². The number of carbonyl (C=O) groups excluding carboxylic acids is 1. The molecule has 1 N–H and O–H groups in total. The smallest absolute Gasteiger partial charge is 0.133 e. The summed E-state index contributed by atoms with van der Waals surface area (Å²) in [5, 5.41) is 10.9. The van der Waals surface area contributed by atoms with Gasteiger partial charge in [-0.1, -0.05) is 13.8 Å². The fraction of sp³-hybridized carbons (Fsp3) is 0.960. The van der Waals surface area contributed by atoms with Crippen LogP contribution in [0, 0.1) is 46.8 Å². The zero-order valence-corrected chi connectivity index (χ0v) is 18.6. The predicted molar refractivity (Wildman–Crippen MR) is 112 cm³/mol. The van der Waals surface area contributed by atoms with E-state index in [1.54, 1.807) is 7.11 Å². The molecular weight excluding hydrogens is 348 g/mol. The summed E-state index contributed by atoms with van der Waals surface area (Å²) >= 11 is 0. The van der Waals surface area contributed by atoms with Gasteiger partial charge in [-0.2, -0.15) is 0 Å². The molecule has 3 nitrogen and oxygen atoms in total. The second-order valence-electron chi connectivity index (χ2n) is 11.4. The molecule has 0 aromatic rings. The molecule has 8 atom stereocenters. The van der Waals surface area contributed by atoms with E-state index in [1.165, 1.54) is 44.9 Å². The van der Waals surface area contributed by atoms with Gasteiger partial charge >= 0.3 is 0 Å². The number of aliphatic hydroxyl groups is 1. The van der Waals surface area contributed by atoms with Gasteiger partial charge in [0.05, 0.1) is 12.2 Å². The lowest BCUT2D eigenvalue weighted by Gasteiger charge is -2.58. The van der Waals surface area contributed by atoms with Crippen LogP contribution < -0.4 is 0 Å². The fourth-order valence-corrected chi connectivity index (χ4v) is 8.94. The Morgan fingerprint density at radius 1 is 1.04 bits per heavy atom. The molecule has 0 radical (unpaired) electrons. The minimum atomic E-state index is -0.591. The zero-order chi connectivity index (χ0) is 20.1. The average Bonchev–Trinajstić information content (AvgIpc) is 2.99. The lowest BCUT2D eigenvalue weighted by atomic mass is 9.47. The number of ether oxygens (including phenoxy) is 1. The summed E-state index contributed by atoms with van der Waals surface area (Å²) in [4.78, 5) is 12.6. The van der Waals surface area contributed by atoms with Crippen molar-refractivity contribution in [2.75, 3.05) is 13.7 Å².